The van der Waals surface area contributed by atoms with Gasteiger partial charge >= 0.3 is 11.9 Å². The van der Waals surface area contributed by atoms with Crippen LogP contribution in [0.25, 0.3) is 11.1 Å². The maximum absolute atomic E-state index is 13.2. The van der Waals surface area contributed by atoms with E-state index < -0.39 is 5.97 Å². The molecule has 0 saturated heterocycles. The summed E-state index contributed by atoms with van der Waals surface area (Å²) in [5.74, 6) is -0.484. The van der Waals surface area contributed by atoms with E-state index >= 15 is 0 Å². The number of nitrogens with zero attached hydrogens (tertiary/aromatic N) is 1. The maximum atomic E-state index is 13.2. The van der Waals surface area contributed by atoms with Crippen LogP contribution in [0.2, 0.25) is 0 Å². The van der Waals surface area contributed by atoms with Gasteiger partial charge in [-0.05, 0) is 11.6 Å². The average molecular weight is 381 g/mol. The Hall–Kier alpha value is -2.21. The lowest BCUT2D eigenvalue weighted by atomic mass is 10.1. The summed E-state index contributed by atoms with van der Waals surface area (Å²) in [7, 11) is 0. The molecule has 0 bridgehead atoms. The molecule has 1 heterocycles. The summed E-state index contributed by atoms with van der Waals surface area (Å²) in [5, 5.41) is 8.77. The summed E-state index contributed by atoms with van der Waals surface area (Å²) in [4.78, 5) is 10.7. The van der Waals surface area contributed by atoms with Crippen LogP contribution in [0.5, 0.6) is 0 Å². The summed E-state index contributed by atoms with van der Waals surface area (Å²) in [6.07, 6.45) is 0.0143. The molecule has 0 aliphatic heterocycles. The highest BCUT2D eigenvalue weighted by molar-refractivity contribution is 8.93. The molecule has 0 saturated carbocycles. The Bertz CT molecular complexity index is 843. The molecule has 6 heteroatoms. The molecular weight excluding hydrogens is 365 g/mol. The van der Waals surface area contributed by atoms with E-state index in [1.165, 1.54) is 12.1 Å². The highest BCUT2D eigenvalue weighted by Crippen LogP contribution is 2.16. The first kappa shape index (κ1) is 17.1. The standard InChI is InChI=1S/C17H14FNO3.BrH/c1-11-19(15-7-6-14(18)9-16(15)22-11)10-13-4-2-12(3-5-13)8-17(20)21;/h2-7,9H,8,10H2,1H3;1H/p+1. The number of hydrogen-bond acceptors (Lipinski definition) is 2. The molecule has 120 valence electrons. The quantitative estimate of drug-likeness (QED) is 0.705. The lowest BCUT2D eigenvalue weighted by Gasteiger charge is -2.00. The summed E-state index contributed by atoms with van der Waals surface area (Å²) in [5.41, 5.74) is 3.12. The van der Waals surface area contributed by atoms with Gasteiger partial charge in [-0.3, -0.25) is 4.79 Å². The second-order valence-electron chi connectivity index (χ2n) is 5.21. The van der Waals surface area contributed by atoms with Gasteiger partial charge in [0.15, 0.2) is 6.54 Å². The molecular formula is C17H16BrFNO3+. The Kier molecular flexibility index (Phi) is 5.15. The molecule has 1 N–H and O–H groups in total. The Balaban J connectivity index is 0.00000192. The van der Waals surface area contributed by atoms with Gasteiger partial charge in [-0.15, -0.1) is 17.0 Å². The van der Waals surface area contributed by atoms with Crippen molar-refractivity contribution in [2.24, 2.45) is 0 Å². The minimum absolute atomic E-state index is 0. The number of aryl methyl sites for hydroxylation is 1. The van der Waals surface area contributed by atoms with Crippen molar-refractivity contribution in [3.63, 3.8) is 0 Å². The van der Waals surface area contributed by atoms with E-state index in [0.717, 1.165) is 16.6 Å². The Labute approximate surface area is 142 Å². The van der Waals surface area contributed by atoms with Crippen LogP contribution in [0.1, 0.15) is 17.0 Å². The van der Waals surface area contributed by atoms with E-state index in [2.05, 4.69) is 0 Å². The van der Waals surface area contributed by atoms with Gasteiger partial charge < -0.3 is 9.52 Å². The number of carboxylic acids is 1. The second-order valence-corrected chi connectivity index (χ2v) is 5.21. The van der Waals surface area contributed by atoms with Crippen LogP contribution in [0, 0.1) is 12.7 Å². The summed E-state index contributed by atoms with van der Waals surface area (Å²) in [6.45, 7) is 2.41. The third kappa shape index (κ3) is 3.76. The van der Waals surface area contributed by atoms with Crippen molar-refractivity contribution in [1.82, 2.24) is 0 Å². The van der Waals surface area contributed by atoms with E-state index in [1.807, 2.05) is 23.6 Å². The van der Waals surface area contributed by atoms with Crippen LogP contribution in [0.3, 0.4) is 0 Å². The number of fused-ring (bicyclic) bond motifs is 1. The van der Waals surface area contributed by atoms with Crippen molar-refractivity contribution in [3.8, 4) is 0 Å². The van der Waals surface area contributed by atoms with Gasteiger partial charge in [0.05, 0.1) is 13.3 Å². The first-order valence-electron chi connectivity index (χ1n) is 6.91. The number of aromatic nitrogens is 1. The van der Waals surface area contributed by atoms with Crippen LogP contribution in [0.4, 0.5) is 4.39 Å². The van der Waals surface area contributed by atoms with E-state index in [0.29, 0.717) is 18.0 Å². The van der Waals surface area contributed by atoms with Gasteiger partial charge in [0.2, 0.25) is 5.58 Å². The van der Waals surface area contributed by atoms with Crippen molar-refractivity contribution >= 4 is 34.1 Å². The smallest absolute Gasteiger partial charge is 0.345 e. The second kappa shape index (κ2) is 6.91. The van der Waals surface area contributed by atoms with Gasteiger partial charge in [-0.25, -0.2) is 4.39 Å². The van der Waals surface area contributed by atoms with E-state index in [9.17, 15) is 9.18 Å². The molecule has 1 aromatic heterocycles. The van der Waals surface area contributed by atoms with Crippen LogP contribution < -0.4 is 4.57 Å². The molecule has 0 amide bonds. The number of oxazole rings is 1. The van der Waals surface area contributed by atoms with Crippen LogP contribution >= 0.6 is 17.0 Å². The van der Waals surface area contributed by atoms with Crippen LogP contribution in [-0.4, -0.2) is 11.1 Å². The van der Waals surface area contributed by atoms with Crippen LogP contribution in [-0.2, 0) is 17.8 Å². The fourth-order valence-electron chi connectivity index (χ4n) is 2.49. The average Bonchev–Trinajstić information content (AvgIpc) is 2.75. The number of benzene rings is 2. The normalized spacial score (nSPS) is 10.5. The van der Waals surface area contributed by atoms with Crippen molar-refractivity contribution in [2.45, 2.75) is 19.9 Å². The molecule has 0 atom stereocenters. The summed E-state index contributed by atoms with van der Waals surface area (Å²) < 4.78 is 20.8. The highest BCUT2D eigenvalue weighted by Gasteiger charge is 2.19. The first-order chi connectivity index (χ1) is 10.5. The fourth-order valence-corrected chi connectivity index (χ4v) is 2.49. The number of halogens is 2. The van der Waals surface area contributed by atoms with Gasteiger partial charge in [-0.1, -0.05) is 24.3 Å². The van der Waals surface area contributed by atoms with Gasteiger partial charge in [0.1, 0.15) is 5.82 Å². The number of carbonyl (C=O) groups is 1. The molecule has 0 aliphatic carbocycles. The number of rotatable bonds is 4. The first-order valence-corrected chi connectivity index (χ1v) is 6.91. The number of carboxylic acid groups (broad SMARTS) is 1. The Morgan fingerprint density at radius 1 is 1.17 bits per heavy atom. The van der Waals surface area contributed by atoms with Crippen molar-refractivity contribution < 1.29 is 23.3 Å². The largest absolute Gasteiger partial charge is 0.481 e. The molecule has 0 aliphatic rings. The fraction of sp³-hybridized carbons (Fsp3) is 0.176. The monoisotopic (exact) mass is 380 g/mol. The lowest BCUT2D eigenvalue weighted by Crippen LogP contribution is -2.35. The van der Waals surface area contributed by atoms with Crippen molar-refractivity contribution in [3.05, 3.63) is 65.3 Å². The minimum Gasteiger partial charge on any atom is -0.481 e. The SMILES string of the molecule is Br.Cc1oc2cc(F)ccc2[n+]1Cc1ccc(CC(=O)O)cc1. The van der Waals surface area contributed by atoms with Gasteiger partial charge in [0, 0.05) is 17.7 Å². The topological polar surface area (TPSA) is 54.3 Å². The molecule has 3 aromatic rings. The van der Waals surface area contributed by atoms with Crippen LogP contribution in [0.15, 0.2) is 46.9 Å². The summed E-state index contributed by atoms with van der Waals surface area (Å²) in [6, 6.07) is 11.9. The maximum Gasteiger partial charge on any atom is 0.345 e. The van der Waals surface area contributed by atoms with Crippen molar-refractivity contribution in [1.29, 1.82) is 0 Å². The molecule has 4 nitrogen and oxygen atoms in total. The van der Waals surface area contributed by atoms with E-state index in [1.54, 1.807) is 18.2 Å². The zero-order chi connectivity index (χ0) is 15.7. The van der Waals surface area contributed by atoms with Crippen molar-refractivity contribution in [2.75, 3.05) is 0 Å². The zero-order valence-corrected chi connectivity index (χ0v) is 14.2. The Morgan fingerprint density at radius 3 is 2.48 bits per heavy atom. The Morgan fingerprint density at radius 2 is 1.83 bits per heavy atom. The lowest BCUT2D eigenvalue weighted by molar-refractivity contribution is -0.674. The van der Waals surface area contributed by atoms with Gasteiger partial charge in [-0.2, -0.15) is 4.57 Å². The predicted octanol–water partition coefficient (Wildman–Crippen LogP) is 3.42. The minimum atomic E-state index is -0.846. The molecule has 0 fully saturated rings. The van der Waals surface area contributed by atoms with Gasteiger partial charge in [0.25, 0.3) is 5.52 Å². The molecule has 23 heavy (non-hydrogen) atoms. The molecule has 0 unspecified atom stereocenters. The molecule has 3 rings (SSSR count). The number of aliphatic carboxylic acids is 1. The third-order valence-corrected chi connectivity index (χ3v) is 3.57. The van der Waals surface area contributed by atoms with E-state index in [4.69, 9.17) is 9.52 Å². The summed E-state index contributed by atoms with van der Waals surface area (Å²) >= 11 is 0. The molecule has 0 radical (unpaired) electrons. The zero-order valence-electron chi connectivity index (χ0n) is 12.5. The highest BCUT2D eigenvalue weighted by atomic mass is 79.9. The number of hydrogen-bond donors (Lipinski definition) is 1. The third-order valence-electron chi connectivity index (χ3n) is 3.57. The molecule has 2 aromatic carbocycles. The molecule has 0 spiro atoms. The predicted molar refractivity (Wildman–Crippen MR) is 88.3 cm³/mol. The van der Waals surface area contributed by atoms with E-state index in [-0.39, 0.29) is 29.2 Å².